The van der Waals surface area contributed by atoms with E-state index < -0.39 is 0 Å². The average Bonchev–Trinajstić information content (AvgIpc) is 2.54. The van der Waals surface area contributed by atoms with Crippen LogP contribution in [0.25, 0.3) is 0 Å². The maximum Gasteiger partial charge on any atom is 0.315 e. The third kappa shape index (κ3) is 5.24. The molecule has 2 N–H and O–H groups in total. The number of carbonyl (C=O) groups excluding carboxylic acids is 1. The highest BCUT2D eigenvalue weighted by molar-refractivity contribution is 5.73. The van der Waals surface area contributed by atoms with Gasteiger partial charge in [0, 0.05) is 13.1 Å². The molecule has 0 fully saturated rings. The zero-order valence-corrected chi connectivity index (χ0v) is 13.3. The first-order valence-electron chi connectivity index (χ1n) is 7.79. The molecule has 116 valence electrons. The van der Waals surface area contributed by atoms with Gasteiger partial charge in [0.2, 0.25) is 0 Å². The molecule has 2 rings (SSSR count). The smallest absolute Gasteiger partial charge is 0.315 e. The van der Waals surface area contributed by atoms with Crippen molar-refractivity contribution < 1.29 is 4.79 Å². The van der Waals surface area contributed by atoms with Gasteiger partial charge in [-0.3, -0.25) is 0 Å². The number of urea groups is 1. The second-order valence-corrected chi connectivity index (χ2v) is 5.74. The lowest BCUT2D eigenvalue weighted by molar-refractivity contribution is 0.240. The molecule has 0 atom stereocenters. The van der Waals surface area contributed by atoms with Crippen molar-refractivity contribution in [2.45, 2.75) is 32.7 Å². The van der Waals surface area contributed by atoms with Crippen LogP contribution in [0.3, 0.4) is 0 Å². The molecule has 0 radical (unpaired) electrons. The van der Waals surface area contributed by atoms with E-state index in [4.69, 9.17) is 0 Å². The summed E-state index contributed by atoms with van der Waals surface area (Å²) in [5, 5.41) is 5.75. The first-order chi connectivity index (χ1) is 10.6. The summed E-state index contributed by atoms with van der Waals surface area (Å²) in [4.78, 5) is 11.7. The van der Waals surface area contributed by atoms with Gasteiger partial charge in [-0.15, -0.1) is 0 Å². The Bertz CT molecular complexity index is 576. The van der Waals surface area contributed by atoms with E-state index >= 15 is 0 Å². The Labute approximate surface area is 132 Å². The number of amides is 2. The van der Waals surface area contributed by atoms with Gasteiger partial charge in [-0.25, -0.2) is 4.79 Å². The van der Waals surface area contributed by atoms with E-state index in [1.165, 1.54) is 11.1 Å². The summed E-state index contributed by atoms with van der Waals surface area (Å²) in [5.74, 6) is 0.552. The molecule has 0 saturated carbocycles. The van der Waals surface area contributed by atoms with E-state index in [1.807, 2.05) is 30.3 Å². The molecule has 0 aliphatic heterocycles. The summed E-state index contributed by atoms with van der Waals surface area (Å²) in [5.41, 5.74) is 3.69. The van der Waals surface area contributed by atoms with E-state index in [1.54, 1.807) is 0 Å². The summed E-state index contributed by atoms with van der Waals surface area (Å²) >= 11 is 0. The summed E-state index contributed by atoms with van der Waals surface area (Å²) in [6.45, 7) is 5.57. The second kappa shape index (κ2) is 8.23. The van der Waals surface area contributed by atoms with Gasteiger partial charge in [0.25, 0.3) is 0 Å². The summed E-state index contributed by atoms with van der Waals surface area (Å²) < 4.78 is 0. The number of nitrogens with one attached hydrogen (secondary N) is 2. The molecule has 3 nitrogen and oxygen atoms in total. The second-order valence-electron chi connectivity index (χ2n) is 5.74. The molecule has 2 aromatic rings. The molecule has 22 heavy (non-hydrogen) atoms. The lowest BCUT2D eigenvalue weighted by Crippen LogP contribution is -2.36. The minimum atomic E-state index is -0.123. The van der Waals surface area contributed by atoms with Crippen molar-refractivity contribution in [1.29, 1.82) is 0 Å². The molecule has 0 saturated heterocycles. The molecule has 0 aliphatic carbocycles. The molecule has 0 aliphatic rings. The van der Waals surface area contributed by atoms with E-state index in [9.17, 15) is 4.79 Å². The van der Waals surface area contributed by atoms with E-state index in [0.29, 0.717) is 19.0 Å². The standard InChI is InChI=1S/C19H24N2O/c1-15(2)18-10-8-16(9-11-18)12-13-20-19(22)21-14-17-6-4-3-5-7-17/h3-11,15H,12-14H2,1-2H3,(H2,20,21,22). The maximum absolute atomic E-state index is 11.7. The Hall–Kier alpha value is -2.29. The van der Waals surface area contributed by atoms with Gasteiger partial charge < -0.3 is 10.6 Å². The number of benzene rings is 2. The van der Waals surface area contributed by atoms with E-state index in [-0.39, 0.29) is 6.03 Å². The molecule has 3 heteroatoms. The molecule has 2 aromatic carbocycles. The SMILES string of the molecule is CC(C)c1ccc(CCNC(=O)NCc2ccccc2)cc1. The lowest BCUT2D eigenvalue weighted by atomic mass is 10.0. The Morgan fingerprint density at radius 1 is 0.909 bits per heavy atom. The highest BCUT2D eigenvalue weighted by atomic mass is 16.2. The number of rotatable bonds is 6. The Morgan fingerprint density at radius 2 is 1.59 bits per heavy atom. The van der Waals surface area contributed by atoms with Gasteiger partial charge in [-0.05, 0) is 29.0 Å². The van der Waals surface area contributed by atoms with Gasteiger partial charge >= 0.3 is 6.03 Å². The molecular weight excluding hydrogens is 272 g/mol. The highest BCUT2D eigenvalue weighted by Gasteiger charge is 2.01. The van der Waals surface area contributed by atoms with Crippen molar-refractivity contribution in [3.8, 4) is 0 Å². The first-order valence-corrected chi connectivity index (χ1v) is 7.79. The van der Waals surface area contributed by atoms with Crippen LogP contribution >= 0.6 is 0 Å². The predicted octanol–water partition coefficient (Wildman–Crippen LogP) is 3.85. The monoisotopic (exact) mass is 296 g/mol. The van der Waals surface area contributed by atoms with Crippen molar-refractivity contribution in [3.63, 3.8) is 0 Å². The molecule has 0 aromatic heterocycles. The third-order valence-corrected chi connectivity index (χ3v) is 3.64. The predicted molar refractivity (Wildman–Crippen MR) is 90.9 cm³/mol. The van der Waals surface area contributed by atoms with Crippen molar-refractivity contribution in [1.82, 2.24) is 10.6 Å². The van der Waals surface area contributed by atoms with Crippen LogP contribution in [0.1, 0.15) is 36.5 Å². The Kier molecular flexibility index (Phi) is 6.01. The summed E-state index contributed by atoms with van der Waals surface area (Å²) in [6.07, 6.45) is 0.844. The van der Waals surface area contributed by atoms with Crippen LogP contribution in [-0.4, -0.2) is 12.6 Å². The number of hydrogen-bond acceptors (Lipinski definition) is 1. The molecule has 2 amide bonds. The largest absolute Gasteiger partial charge is 0.338 e. The third-order valence-electron chi connectivity index (χ3n) is 3.64. The average molecular weight is 296 g/mol. The minimum Gasteiger partial charge on any atom is -0.338 e. The normalized spacial score (nSPS) is 10.5. The van der Waals surface area contributed by atoms with Crippen molar-refractivity contribution in [3.05, 3.63) is 71.3 Å². The van der Waals surface area contributed by atoms with Crippen molar-refractivity contribution >= 4 is 6.03 Å². The van der Waals surface area contributed by atoms with Crippen LogP contribution in [0.4, 0.5) is 4.79 Å². The molecule has 0 spiro atoms. The van der Waals surface area contributed by atoms with E-state index in [0.717, 1.165) is 12.0 Å². The molecule has 0 heterocycles. The number of carbonyl (C=O) groups is 1. The van der Waals surface area contributed by atoms with Gasteiger partial charge in [0.05, 0.1) is 0 Å². The topological polar surface area (TPSA) is 41.1 Å². The number of hydrogen-bond donors (Lipinski definition) is 2. The highest BCUT2D eigenvalue weighted by Crippen LogP contribution is 2.14. The fourth-order valence-electron chi connectivity index (χ4n) is 2.23. The first kappa shape index (κ1) is 16.1. The van der Waals surface area contributed by atoms with Crippen molar-refractivity contribution in [2.24, 2.45) is 0 Å². The summed E-state index contributed by atoms with van der Waals surface area (Å²) in [7, 11) is 0. The Morgan fingerprint density at radius 3 is 2.23 bits per heavy atom. The van der Waals surface area contributed by atoms with E-state index in [2.05, 4.69) is 48.7 Å². The minimum absolute atomic E-state index is 0.123. The fourth-order valence-corrected chi connectivity index (χ4v) is 2.23. The van der Waals surface area contributed by atoms with Crippen LogP contribution in [0.5, 0.6) is 0 Å². The maximum atomic E-state index is 11.7. The quantitative estimate of drug-likeness (QED) is 0.835. The van der Waals surface area contributed by atoms with Gasteiger partial charge in [-0.1, -0.05) is 68.4 Å². The van der Waals surface area contributed by atoms with Gasteiger partial charge in [-0.2, -0.15) is 0 Å². The van der Waals surface area contributed by atoms with Crippen molar-refractivity contribution in [2.75, 3.05) is 6.54 Å². The van der Waals surface area contributed by atoms with Crippen LogP contribution in [0.2, 0.25) is 0 Å². The Balaban J connectivity index is 1.68. The van der Waals surface area contributed by atoms with Gasteiger partial charge in [0.15, 0.2) is 0 Å². The molecule has 0 bridgehead atoms. The zero-order valence-electron chi connectivity index (χ0n) is 13.3. The van der Waals surface area contributed by atoms with Crippen LogP contribution in [0, 0.1) is 0 Å². The fraction of sp³-hybridized carbons (Fsp3) is 0.316. The lowest BCUT2D eigenvalue weighted by Gasteiger charge is -2.09. The van der Waals surface area contributed by atoms with Crippen LogP contribution in [-0.2, 0) is 13.0 Å². The zero-order chi connectivity index (χ0) is 15.8. The summed E-state index contributed by atoms with van der Waals surface area (Å²) in [6, 6.07) is 18.4. The molecular formula is C19H24N2O. The van der Waals surface area contributed by atoms with Gasteiger partial charge in [0.1, 0.15) is 0 Å². The van der Waals surface area contributed by atoms with Crippen LogP contribution in [0.15, 0.2) is 54.6 Å². The van der Waals surface area contributed by atoms with Crippen LogP contribution < -0.4 is 10.6 Å². The molecule has 0 unspecified atom stereocenters.